The van der Waals surface area contributed by atoms with E-state index in [1.807, 2.05) is 43.3 Å². The number of likely N-dealkylation sites (tertiary alicyclic amines) is 1. The Morgan fingerprint density at radius 2 is 1.85 bits per heavy atom. The van der Waals surface area contributed by atoms with E-state index in [-0.39, 0.29) is 17.0 Å². The molecule has 1 amide bonds. The summed E-state index contributed by atoms with van der Waals surface area (Å²) in [5.74, 6) is -0.170. The monoisotopic (exact) mass is 347 g/mol. The van der Waals surface area contributed by atoms with E-state index in [2.05, 4.69) is 4.98 Å². The highest BCUT2D eigenvalue weighted by atomic mass is 16.2. The third-order valence-electron chi connectivity index (χ3n) is 4.93. The van der Waals surface area contributed by atoms with Gasteiger partial charge in [0.25, 0.3) is 11.5 Å². The number of aryl methyl sites for hydroxylation is 1. The van der Waals surface area contributed by atoms with Crippen LogP contribution in [0.3, 0.4) is 0 Å². The third kappa shape index (κ3) is 3.01. The van der Waals surface area contributed by atoms with Crippen molar-refractivity contribution in [2.24, 2.45) is 0 Å². The van der Waals surface area contributed by atoms with E-state index in [1.54, 1.807) is 21.7 Å². The summed E-state index contributed by atoms with van der Waals surface area (Å²) in [6, 6.07) is 13.5. The zero-order valence-electron chi connectivity index (χ0n) is 14.8. The fraction of sp³-hybridized carbons (Fsp3) is 0.286. The quantitative estimate of drug-likeness (QED) is 0.732. The molecular formula is C21H21N3O2. The van der Waals surface area contributed by atoms with Gasteiger partial charge in [0.15, 0.2) is 0 Å². The second-order valence-corrected chi connectivity index (χ2v) is 6.85. The molecule has 0 atom stereocenters. The minimum Gasteiger partial charge on any atom is -0.338 e. The summed E-state index contributed by atoms with van der Waals surface area (Å²) >= 11 is 0. The number of aromatic nitrogens is 2. The van der Waals surface area contributed by atoms with Crippen LogP contribution in [-0.4, -0.2) is 33.4 Å². The van der Waals surface area contributed by atoms with Crippen LogP contribution in [0, 0.1) is 6.92 Å². The SMILES string of the molecule is Cc1ccc(Cn2c(=O)c(C(=O)N3CCCC3)cc3cccnc32)cc1. The summed E-state index contributed by atoms with van der Waals surface area (Å²) in [4.78, 5) is 32.1. The number of carbonyl (C=O) groups excluding carboxylic acids is 1. The third-order valence-corrected chi connectivity index (χ3v) is 4.93. The van der Waals surface area contributed by atoms with Crippen molar-refractivity contribution in [3.63, 3.8) is 0 Å². The highest BCUT2D eigenvalue weighted by Gasteiger charge is 2.24. The number of carbonyl (C=O) groups is 1. The van der Waals surface area contributed by atoms with Crippen LogP contribution in [0.2, 0.25) is 0 Å². The number of benzene rings is 1. The smallest absolute Gasteiger partial charge is 0.265 e. The van der Waals surface area contributed by atoms with Crippen LogP contribution in [0.1, 0.15) is 34.3 Å². The molecule has 5 nitrogen and oxygen atoms in total. The Labute approximate surface area is 151 Å². The molecule has 3 aromatic rings. The largest absolute Gasteiger partial charge is 0.338 e. The number of rotatable bonds is 3. The van der Waals surface area contributed by atoms with Crippen LogP contribution in [-0.2, 0) is 6.54 Å². The van der Waals surface area contributed by atoms with E-state index in [9.17, 15) is 9.59 Å². The lowest BCUT2D eigenvalue weighted by Gasteiger charge is -2.17. The van der Waals surface area contributed by atoms with Gasteiger partial charge in [-0.05, 0) is 43.5 Å². The van der Waals surface area contributed by atoms with Crippen molar-refractivity contribution in [3.8, 4) is 0 Å². The van der Waals surface area contributed by atoms with Gasteiger partial charge in [-0.1, -0.05) is 29.8 Å². The number of pyridine rings is 2. The number of hydrogen-bond donors (Lipinski definition) is 0. The molecular weight excluding hydrogens is 326 g/mol. The number of nitrogens with zero attached hydrogens (tertiary/aromatic N) is 3. The molecule has 0 N–H and O–H groups in total. The van der Waals surface area contributed by atoms with Crippen molar-refractivity contribution >= 4 is 16.9 Å². The molecule has 1 aliphatic rings. The lowest BCUT2D eigenvalue weighted by atomic mass is 10.1. The zero-order chi connectivity index (χ0) is 18.1. The van der Waals surface area contributed by atoms with Crippen molar-refractivity contribution in [1.29, 1.82) is 0 Å². The van der Waals surface area contributed by atoms with Gasteiger partial charge in [0.1, 0.15) is 11.2 Å². The Hall–Kier alpha value is -2.95. The minimum atomic E-state index is -0.270. The molecule has 26 heavy (non-hydrogen) atoms. The molecule has 1 fully saturated rings. The molecule has 0 spiro atoms. The molecule has 0 aliphatic carbocycles. The first-order valence-corrected chi connectivity index (χ1v) is 8.97. The van der Waals surface area contributed by atoms with E-state index in [4.69, 9.17) is 0 Å². The van der Waals surface area contributed by atoms with Crippen molar-refractivity contribution in [3.05, 3.63) is 75.7 Å². The Morgan fingerprint density at radius 3 is 2.58 bits per heavy atom. The van der Waals surface area contributed by atoms with Gasteiger partial charge in [0.05, 0.1) is 6.54 Å². The maximum atomic E-state index is 13.1. The van der Waals surface area contributed by atoms with Gasteiger partial charge in [-0.15, -0.1) is 0 Å². The number of fused-ring (bicyclic) bond motifs is 1. The Bertz CT molecular complexity index is 1020. The molecule has 5 heteroatoms. The van der Waals surface area contributed by atoms with Crippen LogP contribution in [0.15, 0.2) is 53.5 Å². The molecule has 132 valence electrons. The Balaban J connectivity index is 1.84. The molecule has 4 rings (SSSR count). The van der Waals surface area contributed by atoms with Gasteiger partial charge in [-0.3, -0.25) is 14.2 Å². The average Bonchev–Trinajstić information content (AvgIpc) is 3.19. The molecule has 3 heterocycles. The topological polar surface area (TPSA) is 55.2 Å². The van der Waals surface area contributed by atoms with E-state index in [0.717, 1.165) is 36.9 Å². The van der Waals surface area contributed by atoms with Crippen LogP contribution < -0.4 is 5.56 Å². The molecule has 1 aliphatic heterocycles. The maximum absolute atomic E-state index is 13.1. The predicted octanol–water partition coefficient (Wildman–Crippen LogP) is 2.99. The molecule has 0 radical (unpaired) electrons. The first-order valence-electron chi connectivity index (χ1n) is 8.97. The van der Waals surface area contributed by atoms with E-state index >= 15 is 0 Å². The fourth-order valence-corrected chi connectivity index (χ4v) is 3.47. The van der Waals surface area contributed by atoms with Crippen molar-refractivity contribution in [1.82, 2.24) is 14.5 Å². The molecule has 0 unspecified atom stereocenters. The van der Waals surface area contributed by atoms with Gasteiger partial charge in [-0.2, -0.15) is 0 Å². The van der Waals surface area contributed by atoms with Crippen molar-refractivity contribution in [2.45, 2.75) is 26.3 Å². The van der Waals surface area contributed by atoms with Crippen molar-refractivity contribution in [2.75, 3.05) is 13.1 Å². The summed E-state index contributed by atoms with van der Waals surface area (Å²) in [5, 5.41) is 0.807. The van der Waals surface area contributed by atoms with Gasteiger partial charge in [-0.25, -0.2) is 4.98 Å². The summed E-state index contributed by atoms with van der Waals surface area (Å²) in [5.41, 5.74) is 2.75. The lowest BCUT2D eigenvalue weighted by molar-refractivity contribution is 0.0790. The normalized spacial score (nSPS) is 14.1. The van der Waals surface area contributed by atoms with E-state index in [1.165, 1.54) is 5.56 Å². The van der Waals surface area contributed by atoms with Gasteiger partial charge in [0.2, 0.25) is 0 Å². The first kappa shape index (κ1) is 16.5. The second-order valence-electron chi connectivity index (χ2n) is 6.85. The summed E-state index contributed by atoms with van der Waals surface area (Å²) in [7, 11) is 0. The highest BCUT2D eigenvalue weighted by Crippen LogP contribution is 2.16. The zero-order valence-corrected chi connectivity index (χ0v) is 14.8. The standard InChI is InChI=1S/C21H21N3O2/c1-15-6-8-16(9-7-15)14-24-19-17(5-4-10-22-19)13-18(21(24)26)20(25)23-11-2-3-12-23/h4-10,13H,2-3,11-12,14H2,1H3. The van der Waals surface area contributed by atoms with Crippen LogP contribution in [0.25, 0.3) is 11.0 Å². The molecule has 2 aromatic heterocycles. The molecule has 1 aromatic carbocycles. The fourth-order valence-electron chi connectivity index (χ4n) is 3.47. The van der Waals surface area contributed by atoms with Gasteiger partial charge < -0.3 is 4.90 Å². The van der Waals surface area contributed by atoms with Gasteiger partial charge >= 0.3 is 0 Å². The lowest BCUT2D eigenvalue weighted by Crippen LogP contribution is -2.35. The molecule has 1 saturated heterocycles. The van der Waals surface area contributed by atoms with Crippen LogP contribution in [0.4, 0.5) is 0 Å². The Morgan fingerprint density at radius 1 is 1.12 bits per heavy atom. The van der Waals surface area contributed by atoms with E-state index < -0.39 is 0 Å². The summed E-state index contributed by atoms with van der Waals surface area (Å²) in [6.45, 7) is 3.87. The maximum Gasteiger partial charge on any atom is 0.265 e. The van der Waals surface area contributed by atoms with Crippen LogP contribution >= 0.6 is 0 Å². The van der Waals surface area contributed by atoms with Crippen LogP contribution in [0.5, 0.6) is 0 Å². The number of hydrogen-bond acceptors (Lipinski definition) is 3. The summed E-state index contributed by atoms with van der Waals surface area (Å²) in [6.07, 6.45) is 3.67. The van der Waals surface area contributed by atoms with Crippen molar-refractivity contribution < 1.29 is 4.79 Å². The Kier molecular flexibility index (Phi) is 4.29. The highest BCUT2D eigenvalue weighted by molar-refractivity contribution is 5.97. The first-order chi connectivity index (χ1) is 12.6. The minimum absolute atomic E-state index is 0.170. The second kappa shape index (κ2) is 6.75. The average molecular weight is 347 g/mol. The summed E-state index contributed by atoms with van der Waals surface area (Å²) < 4.78 is 1.61. The van der Waals surface area contributed by atoms with E-state index in [0.29, 0.717) is 12.2 Å². The molecule has 0 bridgehead atoms. The number of amides is 1. The predicted molar refractivity (Wildman–Crippen MR) is 101 cm³/mol. The van der Waals surface area contributed by atoms with Gasteiger partial charge in [0, 0.05) is 24.7 Å². The molecule has 0 saturated carbocycles.